The standard InChI is InChI=1S/C24H23ClN2O2/c1-17-7-12-23(18(2)15-17)28-14-13-27-22-6-4-3-5-21(22)26-24(27)16-29-20-10-8-19(25)9-11-20/h3-12,15H,13-14,16H2,1-2H3. The first-order valence-corrected chi connectivity index (χ1v) is 10.0. The fourth-order valence-corrected chi connectivity index (χ4v) is 3.50. The summed E-state index contributed by atoms with van der Waals surface area (Å²) in [5.74, 6) is 2.55. The Balaban J connectivity index is 1.50. The monoisotopic (exact) mass is 406 g/mol. The highest BCUT2D eigenvalue weighted by Gasteiger charge is 2.11. The van der Waals surface area contributed by atoms with Crippen molar-refractivity contribution in [1.82, 2.24) is 9.55 Å². The highest BCUT2D eigenvalue weighted by Crippen LogP contribution is 2.21. The van der Waals surface area contributed by atoms with Gasteiger partial charge in [0.05, 0.1) is 17.6 Å². The van der Waals surface area contributed by atoms with Crippen LogP contribution >= 0.6 is 11.6 Å². The fraction of sp³-hybridized carbons (Fsp3) is 0.208. The van der Waals surface area contributed by atoms with Crippen molar-refractivity contribution in [3.63, 3.8) is 0 Å². The Morgan fingerprint density at radius 3 is 2.52 bits per heavy atom. The zero-order valence-corrected chi connectivity index (χ0v) is 17.3. The molecule has 4 aromatic rings. The van der Waals surface area contributed by atoms with Crippen LogP contribution in [-0.2, 0) is 13.2 Å². The first kappa shape index (κ1) is 19.3. The number of nitrogens with zero attached hydrogens (tertiary/aromatic N) is 2. The molecule has 0 aliphatic rings. The van der Waals surface area contributed by atoms with E-state index in [9.17, 15) is 0 Å². The van der Waals surface area contributed by atoms with E-state index in [1.165, 1.54) is 5.56 Å². The number of benzene rings is 3. The van der Waals surface area contributed by atoms with Crippen LogP contribution in [0.1, 0.15) is 17.0 Å². The summed E-state index contributed by atoms with van der Waals surface area (Å²) in [7, 11) is 0. The van der Waals surface area contributed by atoms with Gasteiger partial charge in [0, 0.05) is 5.02 Å². The molecular formula is C24H23ClN2O2. The van der Waals surface area contributed by atoms with Gasteiger partial charge in [0.15, 0.2) is 0 Å². The number of aromatic nitrogens is 2. The largest absolute Gasteiger partial charge is 0.491 e. The summed E-state index contributed by atoms with van der Waals surface area (Å²) >= 11 is 5.95. The highest BCUT2D eigenvalue weighted by atomic mass is 35.5. The number of fused-ring (bicyclic) bond motifs is 1. The first-order chi connectivity index (χ1) is 14.1. The molecule has 1 heterocycles. The molecule has 0 N–H and O–H groups in total. The maximum atomic E-state index is 6.04. The van der Waals surface area contributed by atoms with Crippen LogP contribution in [0.4, 0.5) is 0 Å². The molecule has 1 aromatic heterocycles. The SMILES string of the molecule is Cc1ccc(OCCn2c(COc3ccc(Cl)cc3)nc3ccccc32)c(C)c1. The molecule has 3 aromatic carbocycles. The number of aryl methyl sites for hydroxylation is 2. The first-order valence-electron chi connectivity index (χ1n) is 9.63. The Morgan fingerprint density at radius 1 is 0.931 bits per heavy atom. The number of hydrogen-bond acceptors (Lipinski definition) is 3. The van der Waals surface area contributed by atoms with Crippen LogP contribution in [0.25, 0.3) is 11.0 Å². The molecule has 0 fully saturated rings. The number of halogens is 1. The molecule has 0 atom stereocenters. The second-order valence-corrected chi connectivity index (χ2v) is 7.46. The van der Waals surface area contributed by atoms with Crippen LogP contribution in [0.2, 0.25) is 5.02 Å². The number of ether oxygens (including phenoxy) is 2. The summed E-state index contributed by atoms with van der Waals surface area (Å²) in [6.07, 6.45) is 0. The van der Waals surface area contributed by atoms with Gasteiger partial charge in [-0.2, -0.15) is 0 Å². The van der Waals surface area contributed by atoms with Crippen molar-refractivity contribution in [3.8, 4) is 11.5 Å². The van der Waals surface area contributed by atoms with E-state index >= 15 is 0 Å². The molecule has 4 nitrogen and oxygen atoms in total. The van der Waals surface area contributed by atoms with Gasteiger partial charge in [0.1, 0.15) is 30.5 Å². The Hall–Kier alpha value is -2.98. The lowest BCUT2D eigenvalue weighted by atomic mass is 10.1. The van der Waals surface area contributed by atoms with Crippen molar-refractivity contribution < 1.29 is 9.47 Å². The van der Waals surface area contributed by atoms with E-state index in [4.69, 9.17) is 26.1 Å². The Bertz CT molecular complexity index is 1120. The van der Waals surface area contributed by atoms with Crippen molar-refractivity contribution in [2.24, 2.45) is 0 Å². The van der Waals surface area contributed by atoms with Crippen molar-refractivity contribution in [1.29, 1.82) is 0 Å². The summed E-state index contributed by atoms with van der Waals surface area (Å²) in [4.78, 5) is 4.76. The molecule has 4 rings (SSSR count). The molecule has 0 radical (unpaired) electrons. The van der Waals surface area contributed by atoms with E-state index in [1.54, 1.807) is 0 Å². The normalized spacial score (nSPS) is 11.0. The second-order valence-electron chi connectivity index (χ2n) is 7.03. The smallest absolute Gasteiger partial charge is 0.148 e. The molecule has 148 valence electrons. The van der Waals surface area contributed by atoms with Gasteiger partial charge in [-0.3, -0.25) is 0 Å². The van der Waals surface area contributed by atoms with E-state index in [1.807, 2.05) is 48.5 Å². The summed E-state index contributed by atoms with van der Waals surface area (Å²) < 4.78 is 14.1. The van der Waals surface area contributed by atoms with Crippen LogP contribution in [0.15, 0.2) is 66.7 Å². The van der Waals surface area contributed by atoms with Crippen molar-refractivity contribution >= 4 is 22.6 Å². The fourth-order valence-electron chi connectivity index (χ4n) is 3.37. The van der Waals surface area contributed by atoms with Gasteiger partial charge in [-0.15, -0.1) is 0 Å². The zero-order valence-electron chi connectivity index (χ0n) is 16.6. The quantitative estimate of drug-likeness (QED) is 0.379. The maximum Gasteiger partial charge on any atom is 0.148 e. The Labute approximate surface area is 175 Å². The molecule has 0 unspecified atom stereocenters. The molecule has 0 saturated heterocycles. The molecular weight excluding hydrogens is 384 g/mol. The summed E-state index contributed by atoms with van der Waals surface area (Å²) in [6.45, 7) is 5.77. The van der Waals surface area contributed by atoms with Crippen LogP contribution in [0.5, 0.6) is 11.5 Å². The summed E-state index contributed by atoms with van der Waals surface area (Å²) in [5.41, 5.74) is 4.41. The molecule has 5 heteroatoms. The van der Waals surface area contributed by atoms with E-state index in [0.29, 0.717) is 24.8 Å². The zero-order chi connectivity index (χ0) is 20.2. The van der Waals surface area contributed by atoms with E-state index in [2.05, 4.69) is 36.6 Å². The minimum absolute atomic E-state index is 0.375. The van der Waals surface area contributed by atoms with Gasteiger partial charge in [-0.05, 0) is 61.9 Å². The molecule has 29 heavy (non-hydrogen) atoms. The van der Waals surface area contributed by atoms with E-state index in [-0.39, 0.29) is 0 Å². The minimum Gasteiger partial charge on any atom is -0.491 e. The average molecular weight is 407 g/mol. The molecule has 0 saturated carbocycles. The third kappa shape index (κ3) is 4.54. The number of hydrogen-bond donors (Lipinski definition) is 0. The molecule has 0 bridgehead atoms. The van der Waals surface area contributed by atoms with Gasteiger partial charge in [-0.1, -0.05) is 41.4 Å². The van der Waals surface area contributed by atoms with Crippen LogP contribution < -0.4 is 9.47 Å². The van der Waals surface area contributed by atoms with Crippen LogP contribution in [0.3, 0.4) is 0 Å². The maximum absolute atomic E-state index is 6.04. The lowest BCUT2D eigenvalue weighted by molar-refractivity contribution is 0.271. The van der Waals surface area contributed by atoms with E-state index < -0.39 is 0 Å². The van der Waals surface area contributed by atoms with Crippen molar-refractivity contribution in [2.75, 3.05) is 6.61 Å². The van der Waals surface area contributed by atoms with Gasteiger partial charge in [0.2, 0.25) is 0 Å². The summed E-state index contributed by atoms with van der Waals surface area (Å²) in [5, 5.41) is 0.688. The third-order valence-electron chi connectivity index (χ3n) is 4.82. The van der Waals surface area contributed by atoms with Gasteiger partial charge >= 0.3 is 0 Å². The van der Waals surface area contributed by atoms with Gasteiger partial charge in [0.25, 0.3) is 0 Å². The van der Waals surface area contributed by atoms with Crippen LogP contribution in [0, 0.1) is 13.8 Å². The molecule has 0 aliphatic heterocycles. The molecule has 0 aliphatic carbocycles. The third-order valence-corrected chi connectivity index (χ3v) is 5.07. The van der Waals surface area contributed by atoms with Crippen LogP contribution in [-0.4, -0.2) is 16.2 Å². The number of imidazole rings is 1. The summed E-state index contributed by atoms with van der Waals surface area (Å²) in [6, 6.07) is 21.7. The lowest BCUT2D eigenvalue weighted by Gasteiger charge is -2.13. The predicted octanol–water partition coefficient (Wildman–Crippen LogP) is 5.96. The minimum atomic E-state index is 0.375. The number of para-hydroxylation sites is 2. The topological polar surface area (TPSA) is 36.3 Å². The Kier molecular flexibility index (Phi) is 5.72. The van der Waals surface area contributed by atoms with E-state index in [0.717, 1.165) is 33.9 Å². The predicted molar refractivity (Wildman–Crippen MR) is 117 cm³/mol. The van der Waals surface area contributed by atoms with Gasteiger partial charge in [-0.25, -0.2) is 4.98 Å². The highest BCUT2D eigenvalue weighted by molar-refractivity contribution is 6.30. The Morgan fingerprint density at radius 2 is 1.72 bits per heavy atom. The molecule has 0 spiro atoms. The van der Waals surface area contributed by atoms with Crippen molar-refractivity contribution in [3.05, 3.63) is 88.7 Å². The number of rotatable bonds is 7. The van der Waals surface area contributed by atoms with Crippen molar-refractivity contribution in [2.45, 2.75) is 27.0 Å². The second kappa shape index (κ2) is 8.58. The average Bonchev–Trinajstić information content (AvgIpc) is 3.07. The molecule has 0 amide bonds. The lowest BCUT2D eigenvalue weighted by Crippen LogP contribution is -2.13. The van der Waals surface area contributed by atoms with Gasteiger partial charge < -0.3 is 14.0 Å².